The van der Waals surface area contributed by atoms with Crippen molar-refractivity contribution < 1.29 is 4.74 Å². The Kier molecular flexibility index (Phi) is 4.37. The molecule has 0 saturated carbocycles. The molecule has 0 aliphatic heterocycles. The third kappa shape index (κ3) is 3.04. The van der Waals surface area contributed by atoms with Crippen LogP contribution in [-0.2, 0) is 0 Å². The minimum atomic E-state index is -0.195. The standard InChI is InChI=1S/C14H16ClN3O/c1-9-3-5-12(19-2)11(7-9)14(18-16)10-4-6-13(15)17-8-10/h3-8,14,18H,16H2,1-2H3. The molecule has 0 spiro atoms. The van der Waals surface area contributed by atoms with E-state index in [9.17, 15) is 0 Å². The Morgan fingerprint density at radius 2 is 2.11 bits per heavy atom. The maximum Gasteiger partial charge on any atom is 0.129 e. The van der Waals surface area contributed by atoms with Gasteiger partial charge in [-0.2, -0.15) is 0 Å². The van der Waals surface area contributed by atoms with E-state index in [1.54, 1.807) is 19.4 Å². The summed E-state index contributed by atoms with van der Waals surface area (Å²) in [5, 5.41) is 0.454. The molecule has 3 N–H and O–H groups in total. The van der Waals surface area contributed by atoms with E-state index in [4.69, 9.17) is 22.2 Å². The van der Waals surface area contributed by atoms with Crippen LogP contribution in [-0.4, -0.2) is 12.1 Å². The summed E-state index contributed by atoms with van der Waals surface area (Å²) in [5.74, 6) is 6.46. The SMILES string of the molecule is COc1ccc(C)cc1C(NN)c1ccc(Cl)nc1. The summed E-state index contributed by atoms with van der Waals surface area (Å²) in [6, 6.07) is 9.40. The van der Waals surface area contributed by atoms with Crippen LogP contribution in [0.4, 0.5) is 0 Å². The van der Waals surface area contributed by atoms with Gasteiger partial charge >= 0.3 is 0 Å². The predicted octanol–water partition coefficient (Wildman–Crippen LogP) is 2.60. The average Bonchev–Trinajstić information content (AvgIpc) is 2.42. The van der Waals surface area contributed by atoms with Crippen molar-refractivity contribution in [2.75, 3.05) is 7.11 Å². The van der Waals surface area contributed by atoms with Gasteiger partial charge in [-0.05, 0) is 24.6 Å². The Labute approximate surface area is 117 Å². The van der Waals surface area contributed by atoms with Crippen molar-refractivity contribution >= 4 is 11.6 Å². The molecule has 4 nitrogen and oxygen atoms in total. The lowest BCUT2D eigenvalue weighted by molar-refractivity contribution is 0.404. The van der Waals surface area contributed by atoms with Crippen molar-refractivity contribution in [2.24, 2.45) is 5.84 Å². The van der Waals surface area contributed by atoms with Gasteiger partial charge in [0.25, 0.3) is 0 Å². The number of hydrazine groups is 1. The largest absolute Gasteiger partial charge is 0.496 e. The maximum absolute atomic E-state index is 5.80. The number of hydrogen-bond donors (Lipinski definition) is 2. The van der Waals surface area contributed by atoms with Gasteiger partial charge in [-0.1, -0.05) is 35.4 Å². The molecule has 19 heavy (non-hydrogen) atoms. The highest BCUT2D eigenvalue weighted by Crippen LogP contribution is 2.30. The number of nitrogens with two attached hydrogens (primary N) is 1. The van der Waals surface area contributed by atoms with Crippen LogP contribution in [0.5, 0.6) is 5.75 Å². The first-order valence-corrected chi connectivity index (χ1v) is 6.25. The number of rotatable bonds is 4. The van der Waals surface area contributed by atoms with Crippen molar-refractivity contribution in [1.29, 1.82) is 0 Å². The van der Waals surface area contributed by atoms with Gasteiger partial charge in [0.05, 0.1) is 13.2 Å². The number of hydrogen-bond acceptors (Lipinski definition) is 4. The Morgan fingerprint density at radius 1 is 1.32 bits per heavy atom. The van der Waals surface area contributed by atoms with Crippen LogP contribution >= 0.6 is 11.6 Å². The number of aromatic nitrogens is 1. The third-order valence-electron chi connectivity index (χ3n) is 2.95. The summed E-state index contributed by atoms with van der Waals surface area (Å²) >= 11 is 5.80. The van der Waals surface area contributed by atoms with Crippen LogP contribution in [0.2, 0.25) is 5.15 Å². The smallest absolute Gasteiger partial charge is 0.129 e. The maximum atomic E-state index is 5.80. The zero-order valence-corrected chi connectivity index (χ0v) is 11.6. The van der Waals surface area contributed by atoms with Gasteiger partial charge in [-0.25, -0.2) is 10.4 Å². The fourth-order valence-electron chi connectivity index (χ4n) is 2.00. The summed E-state index contributed by atoms with van der Waals surface area (Å²) < 4.78 is 5.39. The second-order valence-electron chi connectivity index (χ2n) is 4.26. The molecule has 0 saturated heterocycles. The third-order valence-corrected chi connectivity index (χ3v) is 3.17. The van der Waals surface area contributed by atoms with E-state index >= 15 is 0 Å². The molecule has 1 aromatic carbocycles. The number of benzene rings is 1. The van der Waals surface area contributed by atoms with Crippen molar-refractivity contribution in [2.45, 2.75) is 13.0 Å². The van der Waals surface area contributed by atoms with E-state index in [1.165, 1.54) is 0 Å². The van der Waals surface area contributed by atoms with Crippen LogP contribution in [0.3, 0.4) is 0 Å². The lowest BCUT2D eigenvalue weighted by atomic mass is 9.98. The first kappa shape index (κ1) is 13.8. The molecule has 0 aliphatic rings. The molecular weight excluding hydrogens is 262 g/mol. The minimum Gasteiger partial charge on any atom is -0.496 e. The van der Waals surface area contributed by atoms with Crippen LogP contribution in [0, 0.1) is 6.92 Å². The second-order valence-corrected chi connectivity index (χ2v) is 4.65. The Morgan fingerprint density at radius 3 is 2.68 bits per heavy atom. The number of halogens is 1. The highest BCUT2D eigenvalue weighted by atomic mass is 35.5. The first-order chi connectivity index (χ1) is 9.15. The molecule has 0 bridgehead atoms. The Hall–Kier alpha value is -1.62. The normalized spacial score (nSPS) is 12.2. The molecule has 0 aliphatic carbocycles. The summed E-state index contributed by atoms with van der Waals surface area (Å²) in [6.07, 6.45) is 1.70. The molecule has 0 fully saturated rings. The van der Waals surface area contributed by atoms with E-state index in [0.717, 1.165) is 22.4 Å². The Bertz CT molecular complexity index is 557. The zero-order valence-electron chi connectivity index (χ0n) is 10.9. The molecule has 1 heterocycles. The summed E-state index contributed by atoms with van der Waals surface area (Å²) in [4.78, 5) is 4.08. The predicted molar refractivity (Wildman–Crippen MR) is 76.1 cm³/mol. The molecule has 1 aromatic heterocycles. The fourth-order valence-corrected chi connectivity index (χ4v) is 2.11. The van der Waals surface area contributed by atoms with Crippen LogP contribution in [0.25, 0.3) is 0 Å². The number of pyridine rings is 1. The van der Waals surface area contributed by atoms with Gasteiger partial charge in [0, 0.05) is 11.8 Å². The van der Waals surface area contributed by atoms with Crippen LogP contribution in [0.1, 0.15) is 22.7 Å². The van der Waals surface area contributed by atoms with Crippen LogP contribution < -0.4 is 16.0 Å². The first-order valence-electron chi connectivity index (χ1n) is 5.88. The van der Waals surface area contributed by atoms with Gasteiger partial charge in [0.1, 0.15) is 10.9 Å². The summed E-state index contributed by atoms with van der Waals surface area (Å²) in [5.41, 5.74) is 5.82. The molecule has 2 aromatic rings. The summed E-state index contributed by atoms with van der Waals surface area (Å²) in [6.45, 7) is 2.02. The van der Waals surface area contributed by atoms with Gasteiger partial charge in [-0.3, -0.25) is 5.84 Å². The van der Waals surface area contributed by atoms with E-state index in [0.29, 0.717) is 5.15 Å². The highest BCUT2D eigenvalue weighted by molar-refractivity contribution is 6.29. The molecule has 100 valence electrons. The van der Waals surface area contributed by atoms with Crippen LogP contribution in [0.15, 0.2) is 36.5 Å². The Balaban J connectivity index is 2.47. The molecule has 0 radical (unpaired) electrons. The van der Waals surface area contributed by atoms with Crippen molar-refractivity contribution in [1.82, 2.24) is 10.4 Å². The number of nitrogens with one attached hydrogen (secondary N) is 1. The number of nitrogens with zero attached hydrogens (tertiary/aromatic N) is 1. The lowest BCUT2D eigenvalue weighted by Crippen LogP contribution is -2.29. The molecule has 1 atom stereocenters. The number of methoxy groups -OCH3 is 1. The second kappa shape index (κ2) is 6.02. The van der Waals surface area contributed by atoms with Gasteiger partial charge in [0.15, 0.2) is 0 Å². The van der Waals surface area contributed by atoms with Gasteiger partial charge in [-0.15, -0.1) is 0 Å². The van der Waals surface area contributed by atoms with E-state index < -0.39 is 0 Å². The topological polar surface area (TPSA) is 60.2 Å². The minimum absolute atomic E-state index is 0.195. The zero-order chi connectivity index (χ0) is 13.8. The molecule has 2 rings (SSSR count). The fraction of sp³-hybridized carbons (Fsp3) is 0.214. The van der Waals surface area contributed by atoms with Gasteiger partial charge < -0.3 is 4.74 Å². The average molecular weight is 278 g/mol. The van der Waals surface area contributed by atoms with Crippen molar-refractivity contribution in [3.05, 3.63) is 58.4 Å². The lowest BCUT2D eigenvalue weighted by Gasteiger charge is -2.19. The van der Waals surface area contributed by atoms with Crippen molar-refractivity contribution in [3.8, 4) is 5.75 Å². The number of ether oxygens (including phenoxy) is 1. The van der Waals surface area contributed by atoms with Crippen molar-refractivity contribution in [3.63, 3.8) is 0 Å². The highest BCUT2D eigenvalue weighted by Gasteiger charge is 2.17. The quantitative estimate of drug-likeness (QED) is 0.512. The van der Waals surface area contributed by atoms with E-state index in [2.05, 4.69) is 10.4 Å². The van der Waals surface area contributed by atoms with E-state index in [1.807, 2.05) is 31.2 Å². The molecule has 1 unspecified atom stereocenters. The van der Waals surface area contributed by atoms with E-state index in [-0.39, 0.29) is 6.04 Å². The molecule has 0 amide bonds. The summed E-state index contributed by atoms with van der Waals surface area (Å²) in [7, 11) is 1.64. The van der Waals surface area contributed by atoms with Gasteiger partial charge in [0.2, 0.25) is 0 Å². The molecule has 5 heteroatoms. The molecular formula is C14H16ClN3O. The number of aryl methyl sites for hydroxylation is 1. The monoisotopic (exact) mass is 277 g/mol.